The summed E-state index contributed by atoms with van der Waals surface area (Å²) in [5.41, 5.74) is 7.49. The van der Waals surface area contributed by atoms with Gasteiger partial charge in [0.25, 0.3) is 0 Å². The lowest BCUT2D eigenvalue weighted by Gasteiger charge is -1.92. The minimum Gasteiger partial charge on any atom is -0.402 e. The van der Waals surface area contributed by atoms with Gasteiger partial charge in [-0.3, -0.25) is 0 Å². The Balaban J connectivity index is 4.00. The molecule has 0 aliphatic rings. The van der Waals surface area contributed by atoms with Crippen molar-refractivity contribution in [2.75, 3.05) is 0 Å². The van der Waals surface area contributed by atoms with Gasteiger partial charge in [0.05, 0.1) is 0 Å². The normalized spacial score (nSPS) is 14.4. The molecule has 0 spiro atoms. The first-order valence-electron chi connectivity index (χ1n) is 2.74. The Morgan fingerprint density at radius 2 is 1.88 bits per heavy atom. The first-order chi connectivity index (χ1) is 3.68. The zero-order valence-corrected chi connectivity index (χ0v) is 5.73. The van der Waals surface area contributed by atoms with Gasteiger partial charge < -0.3 is 5.73 Å². The topological polar surface area (TPSA) is 26.0 Å². The van der Waals surface area contributed by atoms with Gasteiger partial charge in [0.2, 0.25) is 0 Å². The third-order valence-corrected chi connectivity index (χ3v) is 1.04. The third kappa shape index (κ3) is 2.45. The summed E-state index contributed by atoms with van der Waals surface area (Å²) in [5, 5.41) is 0. The molecule has 8 heavy (non-hydrogen) atoms. The lowest BCUT2D eigenvalue weighted by atomic mass is 10.2. The first-order valence-corrected chi connectivity index (χ1v) is 2.74. The minimum absolute atomic E-state index is 0.892. The van der Waals surface area contributed by atoms with Gasteiger partial charge in [0, 0.05) is 5.70 Å². The van der Waals surface area contributed by atoms with Gasteiger partial charge in [0.1, 0.15) is 0 Å². The van der Waals surface area contributed by atoms with E-state index in [1.165, 1.54) is 0 Å². The predicted octanol–water partition coefficient (Wildman–Crippen LogP) is 1.82. The highest BCUT2D eigenvalue weighted by molar-refractivity contribution is 5.19. The quantitative estimate of drug-likeness (QED) is 0.513. The molecule has 0 amide bonds. The molecule has 0 bridgehead atoms. The van der Waals surface area contributed by atoms with E-state index in [2.05, 4.69) is 0 Å². The van der Waals surface area contributed by atoms with Crippen LogP contribution in [0.1, 0.15) is 20.8 Å². The van der Waals surface area contributed by atoms with Gasteiger partial charge in [-0.2, -0.15) is 0 Å². The summed E-state index contributed by atoms with van der Waals surface area (Å²) >= 11 is 0. The van der Waals surface area contributed by atoms with Crippen molar-refractivity contribution in [3.63, 3.8) is 0 Å². The molecular weight excluding hydrogens is 98.1 g/mol. The van der Waals surface area contributed by atoms with Gasteiger partial charge in [-0.15, -0.1) is 0 Å². The Labute approximate surface area is 50.9 Å². The summed E-state index contributed by atoms with van der Waals surface area (Å²) in [6.45, 7) is 5.87. The highest BCUT2D eigenvalue weighted by Crippen LogP contribution is 1.96. The zero-order valence-electron chi connectivity index (χ0n) is 5.73. The molecule has 2 N–H and O–H groups in total. The van der Waals surface area contributed by atoms with E-state index in [9.17, 15) is 0 Å². The SMILES string of the molecule is CC=CC(C)=C(C)N. The molecule has 0 aromatic carbocycles. The highest BCUT2D eigenvalue weighted by Gasteiger charge is 1.81. The molecule has 1 heteroatoms. The van der Waals surface area contributed by atoms with E-state index in [1.807, 2.05) is 32.9 Å². The molecule has 0 unspecified atom stereocenters. The number of rotatable bonds is 1. The van der Waals surface area contributed by atoms with Crippen LogP contribution in [0.4, 0.5) is 0 Å². The van der Waals surface area contributed by atoms with Crippen molar-refractivity contribution < 1.29 is 0 Å². The van der Waals surface area contributed by atoms with Crippen molar-refractivity contribution in [1.29, 1.82) is 0 Å². The second kappa shape index (κ2) is 3.30. The molecule has 0 aliphatic carbocycles. The largest absolute Gasteiger partial charge is 0.402 e. The van der Waals surface area contributed by atoms with Crippen LogP contribution in [-0.2, 0) is 0 Å². The fourth-order valence-electron chi connectivity index (χ4n) is 0.381. The van der Waals surface area contributed by atoms with Gasteiger partial charge >= 0.3 is 0 Å². The Bertz CT molecular complexity index is 116. The van der Waals surface area contributed by atoms with Gasteiger partial charge in [-0.05, 0) is 26.3 Å². The van der Waals surface area contributed by atoms with Crippen molar-refractivity contribution in [3.05, 3.63) is 23.4 Å². The van der Waals surface area contributed by atoms with E-state index >= 15 is 0 Å². The third-order valence-electron chi connectivity index (χ3n) is 1.04. The summed E-state index contributed by atoms with van der Waals surface area (Å²) in [5.74, 6) is 0. The maximum Gasteiger partial charge on any atom is 0.00784 e. The van der Waals surface area contributed by atoms with E-state index in [4.69, 9.17) is 5.73 Å². The fraction of sp³-hybridized carbons (Fsp3) is 0.429. The Morgan fingerprint density at radius 3 is 2.00 bits per heavy atom. The van der Waals surface area contributed by atoms with Crippen molar-refractivity contribution >= 4 is 0 Å². The van der Waals surface area contributed by atoms with Crippen LogP contribution in [0.15, 0.2) is 23.4 Å². The second-order valence-electron chi connectivity index (χ2n) is 1.87. The molecule has 0 fully saturated rings. The monoisotopic (exact) mass is 111 g/mol. The van der Waals surface area contributed by atoms with E-state index in [1.54, 1.807) is 0 Å². The summed E-state index contributed by atoms with van der Waals surface area (Å²) < 4.78 is 0. The Morgan fingerprint density at radius 1 is 1.38 bits per heavy atom. The van der Waals surface area contributed by atoms with Crippen molar-refractivity contribution in [2.45, 2.75) is 20.8 Å². The van der Waals surface area contributed by atoms with Crippen molar-refractivity contribution in [1.82, 2.24) is 0 Å². The number of hydrogen-bond acceptors (Lipinski definition) is 1. The van der Waals surface area contributed by atoms with Crippen LogP contribution in [0.25, 0.3) is 0 Å². The van der Waals surface area contributed by atoms with Crippen LogP contribution in [0.5, 0.6) is 0 Å². The molecule has 0 saturated heterocycles. The molecule has 0 saturated carbocycles. The molecule has 0 atom stereocenters. The molecular formula is C7H13N. The average Bonchev–Trinajstić information content (AvgIpc) is 1.67. The first kappa shape index (κ1) is 7.28. The molecule has 0 radical (unpaired) electrons. The molecule has 0 rings (SSSR count). The standard InChI is InChI=1S/C7H13N/c1-4-5-6(2)7(3)8/h4-5H,8H2,1-3H3. The second-order valence-corrected chi connectivity index (χ2v) is 1.87. The number of hydrogen-bond donors (Lipinski definition) is 1. The number of allylic oxidation sites excluding steroid dienone is 4. The molecule has 1 nitrogen and oxygen atoms in total. The van der Waals surface area contributed by atoms with E-state index < -0.39 is 0 Å². The van der Waals surface area contributed by atoms with Crippen LogP contribution in [-0.4, -0.2) is 0 Å². The summed E-state index contributed by atoms with van der Waals surface area (Å²) in [6.07, 6.45) is 3.97. The van der Waals surface area contributed by atoms with Gasteiger partial charge in [-0.25, -0.2) is 0 Å². The maximum atomic E-state index is 5.45. The average molecular weight is 111 g/mol. The maximum absolute atomic E-state index is 5.45. The summed E-state index contributed by atoms with van der Waals surface area (Å²) in [6, 6.07) is 0. The van der Waals surface area contributed by atoms with E-state index in [-0.39, 0.29) is 0 Å². The zero-order chi connectivity index (χ0) is 6.57. The summed E-state index contributed by atoms with van der Waals surface area (Å²) in [7, 11) is 0. The number of nitrogens with two attached hydrogens (primary N) is 1. The molecule has 0 aromatic heterocycles. The Kier molecular flexibility index (Phi) is 3.01. The van der Waals surface area contributed by atoms with E-state index in [0.29, 0.717) is 0 Å². The van der Waals surface area contributed by atoms with Crippen LogP contribution < -0.4 is 5.73 Å². The lowest BCUT2D eigenvalue weighted by Crippen LogP contribution is -1.92. The van der Waals surface area contributed by atoms with Crippen LogP contribution >= 0.6 is 0 Å². The minimum atomic E-state index is 0.892. The van der Waals surface area contributed by atoms with Crippen molar-refractivity contribution in [3.8, 4) is 0 Å². The smallest absolute Gasteiger partial charge is 0.00784 e. The van der Waals surface area contributed by atoms with Crippen LogP contribution in [0.3, 0.4) is 0 Å². The molecule has 0 aliphatic heterocycles. The van der Waals surface area contributed by atoms with Gasteiger partial charge in [-0.1, -0.05) is 12.2 Å². The Hall–Kier alpha value is -0.720. The van der Waals surface area contributed by atoms with Crippen LogP contribution in [0.2, 0.25) is 0 Å². The fourth-order valence-corrected chi connectivity index (χ4v) is 0.381. The van der Waals surface area contributed by atoms with Crippen LogP contribution in [0, 0.1) is 0 Å². The lowest BCUT2D eigenvalue weighted by molar-refractivity contribution is 1.24. The van der Waals surface area contributed by atoms with Gasteiger partial charge in [0.15, 0.2) is 0 Å². The molecule has 0 aromatic rings. The molecule has 0 heterocycles. The predicted molar refractivity (Wildman–Crippen MR) is 37.4 cm³/mol. The molecule has 46 valence electrons. The van der Waals surface area contributed by atoms with Crippen molar-refractivity contribution in [2.24, 2.45) is 5.73 Å². The van der Waals surface area contributed by atoms with E-state index in [0.717, 1.165) is 11.3 Å². The highest BCUT2D eigenvalue weighted by atomic mass is 14.5. The summed E-state index contributed by atoms with van der Waals surface area (Å²) in [4.78, 5) is 0.